The first-order valence-electron chi connectivity index (χ1n) is 7.43. The molecule has 3 unspecified atom stereocenters. The van der Waals surface area contributed by atoms with Gasteiger partial charge in [-0.3, -0.25) is 4.79 Å². The normalized spacial score (nSPS) is 27.0. The van der Waals surface area contributed by atoms with Crippen molar-refractivity contribution in [3.8, 4) is 0 Å². The molecule has 21 heavy (non-hydrogen) atoms. The Kier molecular flexibility index (Phi) is 5.35. The van der Waals surface area contributed by atoms with Crippen molar-refractivity contribution >= 4 is 5.97 Å². The highest BCUT2D eigenvalue weighted by molar-refractivity contribution is 5.76. The van der Waals surface area contributed by atoms with Crippen LogP contribution in [0, 0.1) is 11.3 Å². The minimum absolute atomic E-state index is 0.205. The van der Waals surface area contributed by atoms with Gasteiger partial charge >= 0.3 is 12.1 Å². The molecule has 124 valence electrons. The number of aliphatic hydroxyl groups is 1. The molecule has 0 aromatic heterocycles. The zero-order valence-corrected chi connectivity index (χ0v) is 13.1. The van der Waals surface area contributed by atoms with Crippen molar-refractivity contribution in [3.63, 3.8) is 0 Å². The summed E-state index contributed by atoms with van der Waals surface area (Å²) >= 11 is 0. The Morgan fingerprint density at radius 1 is 1.19 bits per heavy atom. The highest BCUT2D eigenvalue weighted by Gasteiger charge is 2.58. The Hall–Kier alpha value is -0.780. The number of alkyl halides is 3. The van der Waals surface area contributed by atoms with Gasteiger partial charge in [0.25, 0.3) is 0 Å². The van der Waals surface area contributed by atoms with Crippen molar-refractivity contribution < 1.29 is 27.8 Å². The molecule has 1 aliphatic rings. The molecule has 1 fully saturated rings. The van der Waals surface area contributed by atoms with Gasteiger partial charge in [0.1, 0.15) is 6.10 Å². The number of hydrogen-bond acceptors (Lipinski definition) is 3. The lowest BCUT2D eigenvalue weighted by molar-refractivity contribution is -0.286. The van der Waals surface area contributed by atoms with E-state index in [4.69, 9.17) is 4.74 Å². The van der Waals surface area contributed by atoms with Gasteiger partial charge in [0, 0.05) is 5.92 Å². The molecule has 0 bridgehead atoms. The Balaban J connectivity index is 2.91. The Bertz CT molecular complexity index is 375. The quantitative estimate of drug-likeness (QED) is 0.803. The molecule has 1 aliphatic carbocycles. The topological polar surface area (TPSA) is 46.5 Å². The standard InChI is InChI=1S/C15H25F3O3/c1-5-13(2,3)12(19)21-11-9-7-6-8-10(11)14(4,20)15(16,17)18/h10-11,20H,5-9H2,1-4H3. The molecule has 1 saturated carbocycles. The fraction of sp³-hybridized carbons (Fsp3) is 0.933. The third-order valence-corrected chi connectivity index (χ3v) is 4.69. The number of carbonyl (C=O) groups is 1. The van der Waals surface area contributed by atoms with Crippen LogP contribution in [0.3, 0.4) is 0 Å². The monoisotopic (exact) mass is 310 g/mol. The van der Waals surface area contributed by atoms with E-state index in [2.05, 4.69) is 0 Å². The summed E-state index contributed by atoms with van der Waals surface area (Å²) < 4.78 is 44.5. The molecule has 1 rings (SSSR count). The van der Waals surface area contributed by atoms with Gasteiger partial charge in [-0.2, -0.15) is 13.2 Å². The summed E-state index contributed by atoms with van der Waals surface area (Å²) in [6.45, 7) is 6.00. The molecule has 0 aromatic rings. The molecule has 3 atom stereocenters. The maximum atomic E-state index is 13.0. The molecule has 3 nitrogen and oxygen atoms in total. The largest absolute Gasteiger partial charge is 0.462 e. The molecule has 0 radical (unpaired) electrons. The number of esters is 1. The van der Waals surface area contributed by atoms with Gasteiger partial charge in [-0.25, -0.2) is 0 Å². The van der Waals surface area contributed by atoms with Crippen molar-refractivity contribution in [2.24, 2.45) is 11.3 Å². The molecule has 0 aliphatic heterocycles. The lowest BCUT2D eigenvalue weighted by Gasteiger charge is -2.42. The molecule has 6 heteroatoms. The van der Waals surface area contributed by atoms with E-state index in [1.54, 1.807) is 13.8 Å². The number of hydrogen-bond donors (Lipinski definition) is 1. The van der Waals surface area contributed by atoms with Crippen LogP contribution in [0.25, 0.3) is 0 Å². The van der Waals surface area contributed by atoms with Gasteiger partial charge in [0.2, 0.25) is 0 Å². The van der Waals surface area contributed by atoms with Crippen LogP contribution in [0.15, 0.2) is 0 Å². The Morgan fingerprint density at radius 3 is 2.19 bits per heavy atom. The molecule has 0 amide bonds. The lowest BCUT2D eigenvalue weighted by atomic mass is 9.75. The molecular weight excluding hydrogens is 285 g/mol. The predicted molar refractivity (Wildman–Crippen MR) is 72.6 cm³/mol. The second-order valence-electron chi connectivity index (χ2n) is 6.72. The molecule has 0 aromatic carbocycles. The first-order chi connectivity index (χ1) is 9.43. The Morgan fingerprint density at radius 2 is 1.71 bits per heavy atom. The smallest absolute Gasteiger partial charge is 0.417 e. The zero-order valence-electron chi connectivity index (χ0n) is 13.1. The van der Waals surface area contributed by atoms with E-state index in [9.17, 15) is 23.1 Å². The maximum Gasteiger partial charge on any atom is 0.417 e. The van der Waals surface area contributed by atoms with Gasteiger partial charge < -0.3 is 9.84 Å². The van der Waals surface area contributed by atoms with Gasteiger partial charge in [-0.05, 0) is 46.5 Å². The van der Waals surface area contributed by atoms with Crippen LogP contribution < -0.4 is 0 Å². The molecule has 1 N–H and O–H groups in total. The van der Waals surface area contributed by atoms with Crippen LogP contribution in [0.5, 0.6) is 0 Å². The molecule has 0 spiro atoms. The average molecular weight is 310 g/mol. The number of halogens is 3. The second kappa shape index (κ2) is 6.15. The van der Waals surface area contributed by atoms with Crippen LogP contribution in [0.4, 0.5) is 13.2 Å². The highest BCUT2D eigenvalue weighted by Crippen LogP contribution is 2.44. The van der Waals surface area contributed by atoms with E-state index < -0.39 is 35.2 Å². The summed E-state index contributed by atoms with van der Waals surface area (Å²) in [5, 5.41) is 9.90. The van der Waals surface area contributed by atoms with Crippen LogP contribution >= 0.6 is 0 Å². The second-order valence-corrected chi connectivity index (χ2v) is 6.72. The Labute approximate surface area is 123 Å². The van der Waals surface area contributed by atoms with Crippen LogP contribution in [-0.4, -0.2) is 29.0 Å². The zero-order chi connectivity index (χ0) is 16.5. The number of rotatable bonds is 4. The highest BCUT2D eigenvalue weighted by atomic mass is 19.4. The van der Waals surface area contributed by atoms with E-state index in [1.165, 1.54) is 0 Å². The summed E-state index contributed by atoms with van der Waals surface area (Å²) in [5.41, 5.74) is -3.57. The van der Waals surface area contributed by atoms with Crippen LogP contribution in [0.1, 0.15) is 59.8 Å². The van der Waals surface area contributed by atoms with Gasteiger partial charge in [0.15, 0.2) is 5.60 Å². The minimum atomic E-state index is -4.74. The number of carbonyl (C=O) groups excluding carboxylic acids is 1. The summed E-state index contributed by atoms with van der Waals surface area (Å²) in [6, 6.07) is 0. The SMILES string of the molecule is CCC(C)(C)C(=O)OC1CCCCC1C(C)(O)C(F)(F)F. The van der Waals surface area contributed by atoms with E-state index in [0.29, 0.717) is 25.7 Å². The van der Waals surface area contributed by atoms with Gasteiger partial charge in [0.05, 0.1) is 5.41 Å². The predicted octanol–water partition coefficient (Wildman–Crippen LogP) is 3.84. The van der Waals surface area contributed by atoms with E-state index in [1.807, 2.05) is 6.92 Å². The summed E-state index contributed by atoms with van der Waals surface area (Å²) in [5.74, 6) is -1.61. The molecular formula is C15H25F3O3. The van der Waals surface area contributed by atoms with Gasteiger partial charge in [-0.1, -0.05) is 13.3 Å². The third-order valence-electron chi connectivity index (χ3n) is 4.69. The van der Waals surface area contributed by atoms with Crippen molar-refractivity contribution in [3.05, 3.63) is 0 Å². The van der Waals surface area contributed by atoms with Crippen molar-refractivity contribution in [2.45, 2.75) is 77.7 Å². The summed E-state index contributed by atoms with van der Waals surface area (Å²) in [7, 11) is 0. The minimum Gasteiger partial charge on any atom is -0.462 e. The molecule has 0 heterocycles. The number of ether oxygens (including phenoxy) is 1. The van der Waals surface area contributed by atoms with Crippen molar-refractivity contribution in [1.82, 2.24) is 0 Å². The van der Waals surface area contributed by atoms with Crippen LogP contribution in [-0.2, 0) is 9.53 Å². The van der Waals surface area contributed by atoms with Crippen molar-refractivity contribution in [1.29, 1.82) is 0 Å². The molecule has 0 saturated heterocycles. The van der Waals surface area contributed by atoms with Crippen molar-refractivity contribution in [2.75, 3.05) is 0 Å². The summed E-state index contributed by atoms with van der Waals surface area (Å²) in [6.07, 6.45) is -3.20. The fourth-order valence-electron chi connectivity index (χ4n) is 2.53. The third kappa shape index (κ3) is 3.90. The van der Waals surface area contributed by atoms with E-state index in [-0.39, 0.29) is 6.42 Å². The average Bonchev–Trinajstić information content (AvgIpc) is 2.37. The maximum absolute atomic E-state index is 13.0. The first-order valence-corrected chi connectivity index (χ1v) is 7.43. The van der Waals surface area contributed by atoms with Gasteiger partial charge in [-0.15, -0.1) is 0 Å². The fourth-order valence-corrected chi connectivity index (χ4v) is 2.53. The summed E-state index contributed by atoms with van der Waals surface area (Å²) in [4.78, 5) is 12.1. The van der Waals surface area contributed by atoms with E-state index in [0.717, 1.165) is 6.92 Å². The first kappa shape index (κ1) is 18.3. The van der Waals surface area contributed by atoms with Crippen LogP contribution in [0.2, 0.25) is 0 Å². The van der Waals surface area contributed by atoms with E-state index >= 15 is 0 Å². The lowest BCUT2D eigenvalue weighted by Crippen LogP contribution is -2.54.